The first-order chi connectivity index (χ1) is 4.90. The Kier molecular flexibility index (Phi) is 1.94. The van der Waals surface area contributed by atoms with Gasteiger partial charge in [-0.3, -0.25) is 4.90 Å². The summed E-state index contributed by atoms with van der Waals surface area (Å²) in [6.45, 7) is 5.15. The van der Waals surface area contributed by atoms with Crippen LogP contribution in [0.5, 0.6) is 0 Å². The predicted molar refractivity (Wildman–Crippen MR) is 46.0 cm³/mol. The number of fused-ring (bicyclic) bond motifs is 1. The van der Waals surface area contributed by atoms with Crippen LogP contribution in [0.25, 0.3) is 0 Å². The van der Waals surface area contributed by atoms with E-state index in [1.807, 2.05) is 0 Å². The molecule has 2 nitrogen and oxygen atoms in total. The van der Waals surface area contributed by atoms with Gasteiger partial charge in [-0.25, -0.2) is 0 Å². The van der Waals surface area contributed by atoms with Crippen LogP contribution in [-0.4, -0.2) is 37.4 Å². The van der Waals surface area contributed by atoms with Crippen LogP contribution in [0.2, 0.25) is 0 Å². The molecule has 58 valence electrons. The van der Waals surface area contributed by atoms with E-state index in [4.69, 9.17) is 0 Å². The summed E-state index contributed by atoms with van der Waals surface area (Å²) >= 11 is 0. The van der Waals surface area contributed by atoms with Crippen molar-refractivity contribution >= 4 is 9.24 Å². The van der Waals surface area contributed by atoms with E-state index in [1.54, 1.807) is 0 Å². The molecular formula is C7H15N2P. The largest absolute Gasteiger partial charge is 0.316 e. The third-order valence-corrected chi connectivity index (χ3v) is 3.24. The van der Waals surface area contributed by atoms with E-state index in [0.717, 1.165) is 18.1 Å². The molecule has 3 heteroatoms. The van der Waals surface area contributed by atoms with Crippen molar-refractivity contribution in [2.75, 3.05) is 32.5 Å². The minimum Gasteiger partial charge on any atom is -0.316 e. The van der Waals surface area contributed by atoms with Crippen molar-refractivity contribution in [3.63, 3.8) is 0 Å². The Morgan fingerprint density at radius 2 is 1.90 bits per heavy atom. The smallest absolute Gasteiger partial charge is 0.0126 e. The lowest BCUT2D eigenvalue weighted by Crippen LogP contribution is -2.24. The van der Waals surface area contributed by atoms with Crippen molar-refractivity contribution in [3.05, 3.63) is 0 Å². The number of likely N-dealkylation sites (tertiary alicyclic amines) is 1. The van der Waals surface area contributed by atoms with E-state index >= 15 is 0 Å². The van der Waals surface area contributed by atoms with Crippen LogP contribution in [-0.2, 0) is 0 Å². The quantitative estimate of drug-likeness (QED) is 0.539. The maximum absolute atomic E-state index is 3.44. The normalized spacial score (nSPS) is 40.5. The van der Waals surface area contributed by atoms with E-state index < -0.39 is 0 Å². The summed E-state index contributed by atoms with van der Waals surface area (Å²) in [4.78, 5) is 2.53. The second-order valence-corrected chi connectivity index (χ2v) is 3.76. The molecule has 10 heavy (non-hydrogen) atoms. The number of nitrogens with zero attached hydrogens (tertiary/aromatic N) is 1. The zero-order valence-electron chi connectivity index (χ0n) is 6.21. The van der Waals surface area contributed by atoms with Gasteiger partial charge in [-0.1, -0.05) is 0 Å². The van der Waals surface area contributed by atoms with Gasteiger partial charge in [0.1, 0.15) is 0 Å². The molecule has 2 heterocycles. The van der Waals surface area contributed by atoms with Gasteiger partial charge in [-0.2, -0.15) is 0 Å². The Hall–Kier alpha value is 0.350. The van der Waals surface area contributed by atoms with Gasteiger partial charge in [0.2, 0.25) is 0 Å². The van der Waals surface area contributed by atoms with Crippen molar-refractivity contribution in [2.45, 2.75) is 0 Å². The van der Waals surface area contributed by atoms with Gasteiger partial charge < -0.3 is 5.32 Å². The van der Waals surface area contributed by atoms with Crippen molar-refractivity contribution in [1.29, 1.82) is 0 Å². The minimum atomic E-state index is 0.959. The second kappa shape index (κ2) is 2.77. The van der Waals surface area contributed by atoms with Crippen molar-refractivity contribution in [1.82, 2.24) is 10.2 Å². The van der Waals surface area contributed by atoms with Crippen LogP contribution in [0, 0.1) is 11.8 Å². The molecule has 0 aliphatic carbocycles. The fraction of sp³-hybridized carbons (Fsp3) is 1.00. The third kappa shape index (κ3) is 1.09. The summed E-state index contributed by atoms with van der Waals surface area (Å²) in [7, 11) is 2.81. The van der Waals surface area contributed by atoms with Gasteiger partial charge in [0.05, 0.1) is 0 Å². The first kappa shape index (κ1) is 7.02. The Labute approximate surface area is 64.6 Å². The fourth-order valence-corrected chi connectivity index (χ4v) is 2.40. The Morgan fingerprint density at radius 1 is 1.30 bits per heavy atom. The van der Waals surface area contributed by atoms with Crippen molar-refractivity contribution in [2.24, 2.45) is 11.8 Å². The summed E-state index contributed by atoms with van der Waals surface area (Å²) in [5.41, 5.74) is 0. The minimum absolute atomic E-state index is 0.959. The molecule has 0 amide bonds. The lowest BCUT2D eigenvalue weighted by molar-refractivity contribution is 0.367. The molecule has 0 saturated carbocycles. The second-order valence-electron chi connectivity index (χ2n) is 3.40. The van der Waals surface area contributed by atoms with Crippen LogP contribution in [0.3, 0.4) is 0 Å². The standard InChI is InChI=1S/C7H15N2P/c10-5-9-3-6-1-8-2-7(6)4-9/h6-8H,1-5,10H2. The SMILES string of the molecule is PCN1CC2CNCC2C1. The predicted octanol–water partition coefficient (Wildman–Crippen LogP) is -0.0298. The highest BCUT2D eigenvalue weighted by Gasteiger charge is 2.34. The molecule has 2 aliphatic heterocycles. The molecular weight excluding hydrogens is 143 g/mol. The molecule has 2 fully saturated rings. The fourth-order valence-electron chi connectivity index (χ4n) is 2.10. The van der Waals surface area contributed by atoms with Gasteiger partial charge >= 0.3 is 0 Å². The Morgan fingerprint density at radius 3 is 2.40 bits per heavy atom. The maximum Gasteiger partial charge on any atom is 0.0126 e. The summed E-state index contributed by atoms with van der Waals surface area (Å²) in [5, 5.41) is 3.44. The third-order valence-electron chi connectivity index (χ3n) is 2.72. The molecule has 2 saturated heterocycles. The van der Waals surface area contributed by atoms with E-state index in [-0.39, 0.29) is 0 Å². The molecule has 3 unspecified atom stereocenters. The molecule has 0 spiro atoms. The average molecular weight is 158 g/mol. The Bertz CT molecular complexity index is 117. The van der Waals surface area contributed by atoms with Crippen LogP contribution in [0.1, 0.15) is 0 Å². The maximum atomic E-state index is 3.44. The Balaban J connectivity index is 1.94. The number of nitrogens with one attached hydrogen (secondary N) is 1. The van der Waals surface area contributed by atoms with Gasteiger partial charge in [-0.05, 0) is 24.9 Å². The van der Waals surface area contributed by atoms with Crippen molar-refractivity contribution < 1.29 is 0 Å². The van der Waals surface area contributed by atoms with Crippen LogP contribution in [0.4, 0.5) is 0 Å². The summed E-state index contributed by atoms with van der Waals surface area (Å²) < 4.78 is 0. The molecule has 3 atom stereocenters. The zero-order chi connectivity index (χ0) is 6.97. The molecule has 2 rings (SSSR count). The number of hydrogen-bond acceptors (Lipinski definition) is 2. The monoisotopic (exact) mass is 158 g/mol. The van der Waals surface area contributed by atoms with E-state index in [2.05, 4.69) is 19.5 Å². The van der Waals surface area contributed by atoms with E-state index in [0.29, 0.717) is 0 Å². The lowest BCUT2D eigenvalue weighted by Gasteiger charge is -2.12. The van der Waals surface area contributed by atoms with Gasteiger partial charge in [0.15, 0.2) is 0 Å². The number of rotatable bonds is 1. The molecule has 1 N–H and O–H groups in total. The molecule has 0 aromatic rings. The van der Waals surface area contributed by atoms with E-state index in [9.17, 15) is 0 Å². The first-order valence-electron chi connectivity index (χ1n) is 4.03. The van der Waals surface area contributed by atoms with Gasteiger partial charge in [0, 0.05) is 19.4 Å². The van der Waals surface area contributed by atoms with Crippen LogP contribution < -0.4 is 5.32 Å². The molecule has 0 radical (unpaired) electrons. The lowest BCUT2D eigenvalue weighted by atomic mass is 10.0. The molecule has 0 bridgehead atoms. The highest BCUT2D eigenvalue weighted by Crippen LogP contribution is 2.26. The van der Waals surface area contributed by atoms with E-state index in [1.165, 1.54) is 26.2 Å². The van der Waals surface area contributed by atoms with Gasteiger partial charge in [-0.15, -0.1) is 9.24 Å². The van der Waals surface area contributed by atoms with Crippen LogP contribution >= 0.6 is 9.24 Å². The first-order valence-corrected chi connectivity index (χ1v) is 4.85. The summed E-state index contributed by atoms with van der Waals surface area (Å²) in [6, 6.07) is 0. The highest BCUT2D eigenvalue weighted by atomic mass is 31.0. The summed E-state index contributed by atoms with van der Waals surface area (Å²) in [6.07, 6.45) is 1.16. The van der Waals surface area contributed by atoms with Gasteiger partial charge in [0.25, 0.3) is 0 Å². The molecule has 0 aromatic carbocycles. The van der Waals surface area contributed by atoms with Crippen molar-refractivity contribution in [3.8, 4) is 0 Å². The summed E-state index contributed by atoms with van der Waals surface area (Å²) in [5.74, 6) is 1.92. The number of hydrogen-bond donors (Lipinski definition) is 1. The van der Waals surface area contributed by atoms with Crippen LogP contribution in [0.15, 0.2) is 0 Å². The average Bonchev–Trinajstić information content (AvgIpc) is 2.42. The molecule has 2 aliphatic rings. The topological polar surface area (TPSA) is 15.3 Å². The highest BCUT2D eigenvalue weighted by molar-refractivity contribution is 7.16. The zero-order valence-corrected chi connectivity index (χ0v) is 7.37. The molecule has 0 aromatic heterocycles.